The summed E-state index contributed by atoms with van der Waals surface area (Å²) >= 11 is 0. The smallest absolute Gasteiger partial charge is 0.243 e. The predicted octanol–water partition coefficient (Wildman–Crippen LogP) is 1.41. The lowest BCUT2D eigenvalue weighted by Gasteiger charge is -2.13. The number of hydrogen-bond donors (Lipinski definition) is 3. The van der Waals surface area contributed by atoms with Crippen molar-refractivity contribution in [3.8, 4) is 5.75 Å². The van der Waals surface area contributed by atoms with Gasteiger partial charge in [0, 0.05) is 12.2 Å². The molecule has 1 heterocycles. The molecule has 0 saturated heterocycles. The number of aromatic hydroxyl groups is 1. The summed E-state index contributed by atoms with van der Waals surface area (Å²) in [4.78, 5) is 0.133. The molecule has 0 radical (unpaired) electrons. The number of hydrogen-bond acceptors (Lipinski definition) is 4. The van der Waals surface area contributed by atoms with Crippen LogP contribution in [0, 0.1) is 0 Å². The number of H-pyrrole nitrogens is 1. The molecule has 1 unspecified atom stereocenters. The Morgan fingerprint density at radius 2 is 2.05 bits per heavy atom. The van der Waals surface area contributed by atoms with E-state index < -0.39 is 10.0 Å². The van der Waals surface area contributed by atoms with Crippen molar-refractivity contribution < 1.29 is 13.5 Å². The van der Waals surface area contributed by atoms with Gasteiger partial charge in [-0.1, -0.05) is 12.1 Å². The van der Waals surface area contributed by atoms with E-state index in [0.29, 0.717) is 6.42 Å². The summed E-state index contributed by atoms with van der Waals surface area (Å²) in [7, 11) is -3.51. The molecule has 1 aromatic heterocycles. The van der Waals surface area contributed by atoms with Crippen molar-refractivity contribution in [3.63, 3.8) is 0 Å². The van der Waals surface area contributed by atoms with E-state index in [1.165, 1.54) is 12.4 Å². The molecule has 0 amide bonds. The average Bonchev–Trinajstić information content (AvgIpc) is 2.92. The number of benzene rings is 1. The van der Waals surface area contributed by atoms with Crippen molar-refractivity contribution in [2.24, 2.45) is 0 Å². The van der Waals surface area contributed by atoms with Gasteiger partial charge in [-0.3, -0.25) is 5.10 Å². The highest BCUT2D eigenvalue weighted by atomic mass is 32.2. The molecular weight excluding hydrogens is 278 g/mol. The van der Waals surface area contributed by atoms with Gasteiger partial charge in [0.05, 0.1) is 6.20 Å². The Labute approximate surface area is 117 Å². The van der Waals surface area contributed by atoms with E-state index >= 15 is 0 Å². The van der Waals surface area contributed by atoms with Crippen molar-refractivity contribution in [2.75, 3.05) is 0 Å². The van der Waals surface area contributed by atoms with Gasteiger partial charge in [0.25, 0.3) is 0 Å². The van der Waals surface area contributed by atoms with Crippen LogP contribution in [-0.2, 0) is 16.4 Å². The van der Waals surface area contributed by atoms with Crippen molar-refractivity contribution in [1.82, 2.24) is 14.9 Å². The number of nitrogens with one attached hydrogen (secondary N) is 2. The SMILES string of the molecule is CC(CCc1ccc(O)cc1)NS(=O)(=O)c1cn[nH]c1. The summed E-state index contributed by atoms with van der Waals surface area (Å²) in [6.45, 7) is 1.82. The van der Waals surface area contributed by atoms with Crippen LogP contribution >= 0.6 is 0 Å². The summed E-state index contributed by atoms with van der Waals surface area (Å²) in [5.74, 6) is 0.224. The number of phenolic OH excluding ortho intramolecular Hbond substituents is 1. The van der Waals surface area contributed by atoms with E-state index in [2.05, 4.69) is 14.9 Å². The summed E-state index contributed by atoms with van der Waals surface area (Å²) in [6, 6.07) is 6.70. The molecule has 7 heteroatoms. The van der Waals surface area contributed by atoms with E-state index in [9.17, 15) is 13.5 Å². The minimum absolute atomic E-state index is 0.133. The van der Waals surface area contributed by atoms with Crippen molar-refractivity contribution in [1.29, 1.82) is 0 Å². The maximum atomic E-state index is 12.0. The second-order valence-corrected chi connectivity index (χ2v) is 6.38. The molecule has 20 heavy (non-hydrogen) atoms. The molecule has 108 valence electrons. The number of aryl methyl sites for hydroxylation is 1. The topological polar surface area (TPSA) is 95.1 Å². The van der Waals surface area contributed by atoms with Gasteiger partial charge in [0.1, 0.15) is 10.6 Å². The van der Waals surface area contributed by atoms with Crippen molar-refractivity contribution >= 4 is 10.0 Å². The molecule has 1 atom stereocenters. The lowest BCUT2D eigenvalue weighted by Crippen LogP contribution is -2.32. The second kappa shape index (κ2) is 6.06. The molecule has 6 nitrogen and oxygen atoms in total. The van der Waals surface area contributed by atoms with E-state index in [1.807, 2.05) is 19.1 Å². The van der Waals surface area contributed by atoms with Crippen LogP contribution in [0.2, 0.25) is 0 Å². The van der Waals surface area contributed by atoms with E-state index in [0.717, 1.165) is 12.0 Å². The van der Waals surface area contributed by atoms with Gasteiger partial charge in [-0.05, 0) is 37.5 Å². The fourth-order valence-electron chi connectivity index (χ4n) is 1.82. The van der Waals surface area contributed by atoms with E-state index in [1.54, 1.807) is 12.1 Å². The first-order valence-corrected chi connectivity index (χ1v) is 7.75. The molecule has 0 saturated carbocycles. The Balaban J connectivity index is 1.90. The molecule has 0 aliphatic heterocycles. The summed E-state index contributed by atoms with van der Waals surface area (Å²) in [6.07, 6.45) is 4.02. The maximum Gasteiger partial charge on any atom is 0.243 e. The molecule has 1 aromatic carbocycles. The fraction of sp³-hybridized carbons (Fsp3) is 0.308. The minimum atomic E-state index is -3.51. The Morgan fingerprint density at radius 1 is 1.35 bits per heavy atom. The van der Waals surface area contributed by atoms with Gasteiger partial charge in [-0.2, -0.15) is 5.10 Å². The Kier molecular flexibility index (Phi) is 4.41. The zero-order valence-electron chi connectivity index (χ0n) is 11.1. The summed E-state index contributed by atoms with van der Waals surface area (Å²) < 4.78 is 26.5. The molecule has 0 spiro atoms. The van der Waals surface area contributed by atoms with Gasteiger partial charge < -0.3 is 5.11 Å². The molecule has 2 rings (SSSR count). The van der Waals surface area contributed by atoms with Crippen LogP contribution in [0.4, 0.5) is 0 Å². The monoisotopic (exact) mass is 295 g/mol. The first kappa shape index (κ1) is 14.5. The van der Waals surface area contributed by atoms with Gasteiger partial charge >= 0.3 is 0 Å². The number of nitrogens with zero attached hydrogens (tertiary/aromatic N) is 1. The van der Waals surface area contributed by atoms with Crippen LogP contribution in [0.3, 0.4) is 0 Å². The summed E-state index contributed by atoms with van der Waals surface area (Å²) in [5.41, 5.74) is 1.05. The molecule has 3 N–H and O–H groups in total. The van der Waals surface area contributed by atoms with Gasteiger partial charge in [-0.15, -0.1) is 0 Å². The highest BCUT2D eigenvalue weighted by molar-refractivity contribution is 7.89. The summed E-state index contributed by atoms with van der Waals surface area (Å²) in [5, 5.41) is 15.3. The van der Waals surface area contributed by atoms with Crippen molar-refractivity contribution in [3.05, 3.63) is 42.2 Å². The molecule has 0 bridgehead atoms. The number of aromatic amines is 1. The Morgan fingerprint density at radius 3 is 2.65 bits per heavy atom. The van der Waals surface area contributed by atoms with Gasteiger partial charge in [0.15, 0.2) is 0 Å². The van der Waals surface area contributed by atoms with Gasteiger partial charge in [0.2, 0.25) is 10.0 Å². The number of aromatic nitrogens is 2. The largest absolute Gasteiger partial charge is 0.508 e. The van der Waals surface area contributed by atoms with Crippen LogP contribution in [-0.4, -0.2) is 29.8 Å². The van der Waals surface area contributed by atoms with Crippen LogP contribution in [0.5, 0.6) is 5.75 Å². The van der Waals surface area contributed by atoms with E-state index in [-0.39, 0.29) is 16.7 Å². The highest BCUT2D eigenvalue weighted by Gasteiger charge is 2.18. The zero-order chi connectivity index (χ0) is 14.6. The lowest BCUT2D eigenvalue weighted by atomic mass is 10.1. The maximum absolute atomic E-state index is 12.0. The molecule has 0 aliphatic carbocycles. The van der Waals surface area contributed by atoms with Crippen LogP contribution in [0.1, 0.15) is 18.9 Å². The first-order valence-electron chi connectivity index (χ1n) is 6.26. The first-order chi connectivity index (χ1) is 9.47. The molecule has 2 aromatic rings. The lowest BCUT2D eigenvalue weighted by molar-refractivity contribution is 0.475. The van der Waals surface area contributed by atoms with E-state index in [4.69, 9.17) is 0 Å². The van der Waals surface area contributed by atoms with Crippen LogP contribution in [0.15, 0.2) is 41.6 Å². The molecular formula is C13H17N3O3S. The van der Waals surface area contributed by atoms with Crippen LogP contribution < -0.4 is 4.72 Å². The predicted molar refractivity (Wildman–Crippen MR) is 74.8 cm³/mol. The fourth-order valence-corrected chi connectivity index (χ4v) is 3.01. The quantitative estimate of drug-likeness (QED) is 0.751. The second-order valence-electron chi connectivity index (χ2n) is 4.66. The Hall–Kier alpha value is -1.86. The highest BCUT2D eigenvalue weighted by Crippen LogP contribution is 2.13. The average molecular weight is 295 g/mol. The zero-order valence-corrected chi connectivity index (χ0v) is 11.9. The third-order valence-corrected chi connectivity index (χ3v) is 4.50. The number of phenols is 1. The minimum Gasteiger partial charge on any atom is -0.508 e. The number of rotatable bonds is 6. The third kappa shape index (κ3) is 3.82. The van der Waals surface area contributed by atoms with Crippen molar-refractivity contribution in [2.45, 2.75) is 30.7 Å². The standard InChI is InChI=1S/C13H17N3O3S/c1-10(2-3-11-4-6-12(17)7-5-11)16-20(18,19)13-8-14-15-9-13/h4-10,16-17H,2-3H2,1H3,(H,14,15). The Bertz CT molecular complexity index is 636. The number of sulfonamides is 1. The third-order valence-electron chi connectivity index (χ3n) is 2.94. The van der Waals surface area contributed by atoms with Gasteiger partial charge in [-0.25, -0.2) is 13.1 Å². The normalized spacial score (nSPS) is 13.2. The molecule has 0 fully saturated rings. The molecule has 0 aliphatic rings. The van der Waals surface area contributed by atoms with Crippen LogP contribution in [0.25, 0.3) is 0 Å².